The van der Waals surface area contributed by atoms with Gasteiger partial charge in [-0.25, -0.2) is 0 Å². The topological polar surface area (TPSA) is 0 Å². The monoisotopic (exact) mass is 510 g/mol. The molecule has 152 valence electrons. The fourth-order valence-electron chi connectivity index (χ4n) is 4.02. The molecule has 5 aromatic carbocycles. The predicted octanol–water partition coefficient (Wildman–Crippen LogP) is 2.02. The third kappa shape index (κ3) is 5.26. The molecule has 0 aromatic heterocycles. The van der Waals surface area contributed by atoms with Crippen LogP contribution in [0.2, 0.25) is 0 Å². The number of fused-ring (bicyclic) bond motifs is 4. The third-order valence-corrected chi connectivity index (χ3v) is 5.43. The summed E-state index contributed by atoms with van der Waals surface area (Å²) in [6.07, 6.45) is 0. The zero-order valence-corrected chi connectivity index (χ0v) is 21.8. The molecule has 0 fully saturated rings. The Morgan fingerprint density at radius 3 is 1.73 bits per heavy atom. The van der Waals surface area contributed by atoms with Gasteiger partial charge in [0.1, 0.15) is 0 Å². The molecule has 0 amide bonds. The van der Waals surface area contributed by atoms with Gasteiger partial charge in [0, 0.05) is 0 Å². The van der Waals surface area contributed by atoms with Crippen molar-refractivity contribution in [3.05, 3.63) is 95.6 Å². The summed E-state index contributed by atoms with van der Waals surface area (Å²) in [6, 6.07) is 28.4. The molecule has 0 saturated carbocycles. The van der Waals surface area contributed by atoms with Crippen LogP contribution in [0.3, 0.4) is 0 Å². The summed E-state index contributed by atoms with van der Waals surface area (Å²) in [5.74, 6) is 0.611. The van der Waals surface area contributed by atoms with Gasteiger partial charge in [0.05, 0.1) is 0 Å². The van der Waals surface area contributed by atoms with Crippen LogP contribution >= 0.6 is 0 Å². The maximum absolute atomic E-state index is 2.30. The van der Waals surface area contributed by atoms with Crippen LogP contribution in [0.4, 0.5) is 0 Å². The summed E-state index contributed by atoms with van der Waals surface area (Å²) < 4.78 is 0. The normalized spacial score (nSPS) is 10.2. The van der Waals surface area contributed by atoms with E-state index in [1.54, 1.807) is 0 Å². The van der Waals surface area contributed by atoms with E-state index in [-0.39, 0.29) is 51.0 Å². The van der Waals surface area contributed by atoms with Crippen molar-refractivity contribution in [2.24, 2.45) is 0 Å². The van der Waals surface area contributed by atoms with E-state index in [1.807, 2.05) is 0 Å². The molecule has 0 unspecified atom stereocenters. The molecule has 0 N–H and O–H groups in total. The van der Waals surface area contributed by atoms with Gasteiger partial charge in [-0.05, 0) is 5.92 Å². The molecule has 30 heavy (non-hydrogen) atoms. The quantitative estimate of drug-likeness (QED) is 0.302. The number of hydrogen-bond acceptors (Lipinski definition) is 0. The van der Waals surface area contributed by atoms with Crippen LogP contribution in [0, 0.1) is 13.8 Å². The van der Waals surface area contributed by atoms with Crippen molar-refractivity contribution in [1.29, 1.82) is 0 Å². The third-order valence-electron chi connectivity index (χ3n) is 5.43. The Bertz CT molecular complexity index is 1180. The van der Waals surface area contributed by atoms with Crippen molar-refractivity contribution in [3.8, 4) is 0 Å². The van der Waals surface area contributed by atoms with Crippen LogP contribution in [-0.4, -0.2) is 0 Å². The van der Waals surface area contributed by atoms with Crippen LogP contribution < -0.4 is 24.8 Å². The first-order valence-electron chi connectivity index (χ1n) is 9.74. The first kappa shape index (κ1) is 26.6. The molecule has 0 saturated heterocycles. The molecule has 0 radical (unpaired) electrons. The second-order valence-electron chi connectivity index (χ2n) is 7.81. The fourth-order valence-corrected chi connectivity index (χ4v) is 4.02. The van der Waals surface area contributed by atoms with Crippen molar-refractivity contribution >= 4 is 32.3 Å². The van der Waals surface area contributed by atoms with Crippen LogP contribution in [0.25, 0.3) is 32.3 Å². The second-order valence-corrected chi connectivity index (χ2v) is 7.81. The average molecular weight is 513 g/mol. The molecule has 5 rings (SSSR count). The van der Waals surface area contributed by atoms with Gasteiger partial charge in [0.15, 0.2) is 0 Å². The fraction of sp³-hybridized carbons (Fsp3) is 0.185. The van der Waals surface area contributed by atoms with Crippen LogP contribution in [0.15, 0.2) is 78.9 Å². The van der Waals surface area contributed by atoms with Gasteiger partial charge in [-0.15, -0.1) is 73.8 Å². The van der Waals surface area contributed by atoms with E-state index in [0.29, 0.717) is 5.92 Å². The van der Waals surface area contributed by atoms with Crippen molar-refractivity contribution < 1.29 is 51.0 Å². The molecule has 0 aliphatic carbocycles. The minimum Gasteiger partial charge on any atom is -1.00 e. The SMILES string of the molecule is Cc1cc2c(C(C)C)ccc(C)c2[cH-]1.[Cl-].[Cl-].[Zr+4].c1ccc2c(c1)[cH-]c1ccccc12. The van der Waals surface area contributed by atoms with E-state index >= 15 is 0 Å². The summed E-state index contributed by atoms with van der Waals surface area (Å²) in [5.41, 5.74) is 4.23. The van der Waals surface area contributed by atoms with Gasteiger partial charge in [0.2, 0.25) is 0 Å². The van der Waals surface area contributed by atoms with E-state index in [4.69, 9.17) is 0 Å². The second kappa shape index (κ2) is 11.3. The largest absolute Gasteiger partial charge is 4.00 e. The predicted molar refractivity (Wildman–Crippen MR) is 120 cm³/mol. The molecule has 0 bridgehead atoms. The number of rotatable bonds is 1. The van der Waals surface area contributed by atoms with Crippen molar-refractivity contribution in [2.45, 2.75) is 33.6 Å². The molecule has 5 aromatic rings. The van der Waals surface area contributed by atoms with Crippen LogP contribution in [0.1, 0.15) is 36.5 Å². The summed E-state index contributed by atoms with van der Waals surface area (Å²) in [5, 5.41) is 8.26. The zero-order chi connectivity index (χ0) is 19.0. The first-order chi connectivity index (χ1) is 13.0. The Morgan fingerprint density at radius 2 is 1.20 bits per heavy atom. The van der Waals surface area contributed by atoms with Gasteiger partial charge in [-0.1, -0.05) is 75.7 Å². The van der Waals surface area contributed by atoms with Gasteiger partial charge in [-0.2, -0.15) is 6.07 Å². The van der Waals surface area contributed by atoms with Crippen LogP contribution in [-0.2, 0) is 26.2 Å². The Kier molecular flexibility index (Phi) is 10.0. The number of benzene rings is 3. The van der Waals surface area contributed by atoms with Gasteiger partial charge >= 0.3 is 26.2 Å². The Balaban J connectivity index is 0.000000273. The van der Waals surface area contributed by atoms with Crippen molar-refractivity contribution in [3.63, 3.8) is 0 Å². The minimum atomic E-state index is 0. The minimum absolute atomic E-state index is 0. The maximum atomic E-state index is 2.30. The molecular formula is C27H26Cl2Zr. The van der Waals surface area contributed by atoms with E-state index in [9.17, 15) is 0 Å². The van der Waals surface area contributed by atoms with Crippen molar-refractivity contribution in [1.82, 2.24) is 0 Å². The molecule has 0 atom stereocenters. The van der Waals surface area contributed by atoms with Gasteiger partial charge in [0.25, 0.3) is 0 Å². The number of hydrogen-bond donors (Lipinski definition) is 0. The molecule has 0 spiro atoms. The molecule has 0 nitrogen and oxygen atoms in total. The van der Waals surface area contributed by atoms with Gasteiger partial charge in [-0.3, -0.25) is 0 Å². The van der Waals surface area contributed by atoms with E-state index in [1.165, 1.54) is 49.0 Å². The van der Waals surface area contributed by atoms with E-state index in [2.05, 4.69) is 107 Å². The Hall–Kier alpha value is -1.40. The first-order valence-corrected chi connectivity index (χ1v) is 9.74. The Labute approximate surface area is 211 Å². The standard InChI is InChI=1S/C14H17.C13H9.2ClH.Zr/c1-9(2)12-6-5-11(4)13-7-10(3)8-14(12)13;1-3-7-12-10(5-1)9-11-6-2-4-8-13(11)12;;;/h5-9H,1-4H3;1-9H;2*1H;/q2*-1;;;+4/p-2. The molecule has 0 heterocycles. The summed E-state index contributed by atoms with van der Waals surface area (Å²) >= 11 is 0. The van der Waals surface area contributed by atoms with Gasteiger partial charge < -0.3 is 24.8 Å². The molecule has 0 aliphatic heterocycles. The molecule has 0 aliphatic rings. The maximum Gasteiger partial charge on any atom is 4.00 e. The summed E-state index contributed by atoms with van der Waals surface area (Å²) in [7, 11) is 0. The molecule has 3 heteroatoms. The number of aryl methyl sites for hydroxylation is 2. The summed E-state index contributed by atoms with van der Waals surface area (Å²) in [6.45, 7) is 8.87. The van der Waals surface area contributed by atoms with E-state index in [0.717, 1.165) is 0 Å². The number of halogens is 2. The van der Waals surface area contributed by atoms with Crippen molar-refractivity contribution in [2.75, 3.05) is 0 Å². The van der Waals surface area contributed by atoms with Crippen LogP contribution in [0.5, 0.6) is 0 Å². The van der Waals surface area contributed by atoms with E-state index < -0.39 is 0 Å². The zero-order valence-electron chi connectivity index (χ0n) is 17.8. The summed E-state index contributed by atoms with van der Waals surface area (Å²) in [4.78, 5) is 0. The Morgan fingerprint density at radius 1 is 0.667 bits per heavy atom. The smallest absolute Gasteiger partial charge is 1.00 e. The average Bonchev–Trinajstić information content (AvgIpc) is 3.23. The molecular weight excluding hydrogens is 486 g/mol.